The van der Waals surface area contributed by atoms with E-state index in [1.807, 2.05) is 24.3 Å². The number of rotatable bonds is 8. The molecule has 0 saturated carbocycles. The van der Waals surface area contributed by atoms with E-state index in [9.17, 15) is 31.9 Å². The van der Waals surface area contributed by atoms with Gasteiger partial charge >= 0.3 is 18.2 Å². The largest absolute Gasteiger partial charge is 0.461 e. The van der Waals surface area contributed by atoms with Crippen molar-refractivity contribution in [3.8, 4) is 11.1 Å². The van der Waals surface area contributed by atoms with Crippen molar-refractivity contribution in [3.05, 3.63) is 71.3 Å². The van der Waals surface area contributed by atoms with E-state index in [0.29, 0.717) is 30.3 Å². The van der Waals surface area contributed by atoms with Crippen LogP contribution in [0.1, 0.15) is 26.4 Å². The summed E-state index contributed by atoms with van der Waals surface area (Å²) >= 11 is 0. The SMILES string of the molecule is CN(C)CCOC(=O)c1c[nH]c(C(N)=O)c1-c1ccc(NC(=O)Nc2cc(C(F)(F)F)ccc2F)cc1. The molecule has 1 aromatic heterocycles. The molecule has 9 nitrogen and oxygen atoms in total. The van der Waals surface area contributed by atoms with Gasteiger partial charge in [0.05, 0.1) is 16.8 Å². The fourth-order valence-electron chi connectivity index (χ4n) is 3.28. The minimum absolute atomic E-state index is 0.0296. The van der Waals surface area contributed by atoms with Crippen LogP contribution in [0.15, 0.2) is 48.7 Å². The number of nitrogens with zero attached hydrogens (tertiary/aromatic N) is 1. The molecule has 5 N–H and O–H groups in total. The summed E-state index contributed by atoms with van der Waals surface area (Å²) in [6.45, 7) is 0.605. The lowest BCUT2D eigenvalue weighted by Gasteiger charge is -2.12. The highest BCUT2D eigenvalue weighted by molar-refractivity contribution is 6.07. The Morgan fingerprint density at radius 1 is 1.05 bits per heavy atom. The van der Waals surface area contributed by atoms with Crippen LogP contribution in [-0.2, 0) is 10.9 Å². The molecule has 37 heavy (non-hydrogen) atoms. The maximum atomic E-state index is 13.9. The van der Waals surface area contributed by atoms with Crippen molar-refractivity contribution in [2.24, 2.45) is 5.73 Å². The molecule has 13 heteroatoms. The smallest absolute Gasteiger partial charge is 0.416 e. The molecule has 0 fully saturated rings. The minimum Gasteiger partial charge on any atom is -0.461 e. The lowest BCUT2D eigenvalue weighted by molar-refractivity contribution is -0.137. The van der Waals surface area contributed by atoms with Crippen molar-refractivity contribution in [1.82, 2.24) is 9.88 Å². The fourth-order valence-corrected chi connectivity index (χ4v) is 3.28. The number of esters is 1. The summed E-state index contributed by atoms with van der Waals surface area (Å²) in [6.07, 6.45) is -3.41. The summed E-state index contributed by atoms with van der Waals surface area (Å²) in [5.41, 5.74) is 4.48. The third-order valence-corrected chi connectivity index (χ3v) is 5.09. The third kappa shape index (κ3) is 6.85. The molecule has 196 valence electrons. The van der Waals surface area contributed by atoms with Gasteiger partial charge in [0.25, 0.3) is 5.91 Å². The number of benzene rings is 2. The number of nitrogens with one attached hydrogen (secondary N) is 3. The first kappa shape index (κ1) is 27.2. The third-order valence-electron chi connectivity index (χ3n) is 5.09. The highest BCUT2D eigenvalue weighted by Gasteiger charge is 2.31. The van der Waals surface area contributed by atoms with E-state index in [1.54, 1.807) is 0 Å². The molecular formula is C24H23F4N5O4. The zero-order chi connectivity index (χ0) is 27.3. The Morgan fingerprint density at radius 3 is 2.32 bits per heavy atom. The second-order valence-corrected chi connectivity index (χ2v) is 8.10. The summed E-state index contributed by atoms with van der Waals surface area (Å²) in [7, 11) is 3.62. The monoisotopic (exact) mass is 521 g/mol. The molecule has 3 amide bonds. The Bertz CT molecular complexity index is 1300. The van der Waals surface area contributed by atoms with Gasteiger partial charge in [0.1, 0.15) is 18.1 Å². The minimum atomic E-state index is -4.71. The Hall–Kier alpha value is -4.39. The maximum Gasteiger partial charge on any atom is 0.416 e. The van der Waals surface area contributed by atoms with Gasteiger partial charge in [-0.3, -0.25) is 4.79 Å². The highest BCUT2D eigenvalue weighted by atomic mass is 19.4. The van der Waals surface area contributed by atoms with Crippen molar-refractivity contribution >= 4 is 29.3 Å². The van der Waals surface area contributed by atoms with Gasteiger partial charge in [-0.2, -0.15) is 13.2 Å². The zero-order valence-corrected chi connectivity index (χ0v) is 19.7. The number of hydrogen-bond donors (Lipinski definition) is 4. The van der Waals surface area contributed by atoms with E-state index in [4.69, 9.17) is 10.5 Å². The van der Waals surface area contributed by atoms with Gasteiger partial charge in [-0.05, 0) is 50.0 Å². The van der Waals surface area contributed by atoms with Gasteiger partial charge in [-0.25, -0.2) is 14.0 Å². The number of nitrogens with two attached hydrogens (primary N) is 1. The first-order valence-corrected chi connectivity index (χ1v) is 10.7. The lowest BCUT2D eigenvalue weighted by Crippen LogP contribution is -2.20. The molecule has 0 aliphatic carbocycles. The van der Waals surface area contributed by atoms with Crippen LogP contribution in [0.25, 0.3) is 11.1 Å². The van der Waals surface area contributed by atoms with E-state index in [2.05, 4.69) is 10.3 Å². The van der Waals surface area contributed by atoms with Crippen molar-refractivity contribution in [1.29, 1.82) is 0 Å². The first-order chi connectivity index (χ1) is 17.4. The van der Waals surface area contributed by atoms with Crippen LogP contribution in [-0.4, -0.2) is 55.0 Å². The van der Waals surface area contributed by atoms with Crippen LogP contribution in [0.2, 0.25) is 0 Å². The van der Waals surface area contributed by atoms with Crippen LogP contribution in [0.4, 0.5) is 33.7 Å². The molecule has 1 heterocycles. The fraction of sp³-hybridized carbons (Fsp3) is 0.208. The summed E-state index contributed by atoms with van der Waals surface area (Å²) in [5, 5.41) is 4.40. The molecule has 0 saturated heterocycles. The molecule has 0 aliphatic rings. The van der Waals surface area contributed by atoms with Crippen LogP contribution in [0, 0.1) is 5.82 Å². The normalized spacial score (nSPS) is 11.3. The van der Waals surface area contributed by atoms with Crippen LogP contribution in [0.5, 0.6) is 0 Å². The lowest BCUT2D eigenvalue weighted by atomic mass is 10.0. The quantitative estimate of drug-likeness (QED) is 0.260. The van der Waals surface area contributed by atoms with Gasteiger partial charge in [-0.1, -0.05) is 12.1 Å². The van der Waals surface area contributed by atoms with Crippen LogP contribution >= 0.6 is 0 Å². The summed E-state index contributed by atoms with van der Waals surface area (Å²) in [5.74, 6) is -2.53. The van der Waals surface area contributed by atoms with Gasteiger partial charge in [-0.15, -0.1) is 0 Å². The molecule has 0 atom stereocenters. The second kappa shape index (κ2) is 11.1. The number of carbonyl (C=O) groups excluding carboxylic acids is 3. The number of carbonyl (C=O) groups is 3. The van der Waals surface area contributed by atoms with E-state index >= 15 is 0 Å². The van der Waals surface area contributed by atoms with Crippen molar-refractivity contribution in [2.45, 2.75) is 6.18 Å². The number of anilines is 2. The summed E-state index contributed by atoms with van der Waals surface area (Å²) < 4.78 is 57.8. The molecular weight excluding hydrogens is 498 g/mol. The number of H-pyrrole nitrogens is 1. The van der Waals surface area contributed by atoms with Crippen molar-refractivity contribution in [3.63, 3.8) is 0 Å². The number of likely N-dealkylation sites (N-methyl/N-ethyl adjacent to an activating group) is 1. The predicted molar refractivity (Wildman–Crippen MR) is 128 cm³/mol. The predicted octanol–water partition coefficient (Wildman–Crippen LogP) is 4.30. The molecule has 0 spiro atoms. The van der Waals surface area contributed by atoms with E-state index in [-0.39, 0.29) is 29.1 Å². The Labute approximate surface area is 208 Å². The van der Waals surface area contributed by atoms with E-state index in [0.717, 1.165) is 0 Å². The number of halogens is 4. The Morgan fingerprint density at radius 2 is 1.73 bits per heavy atom. The zero-order valence-electron chi connectivity index (χ0n) is 19.7. The first-order valence-electron chi connectivity index (χ1n) is 10.7. The number of urea groups is 1. The number of aromatic amines is 1. The van der Waals surface area contributed by atoms with Crippen LogP contribution < -0.4 is 16.4 Å². The standard InChI is InChI=1S/C24H23F4N5O4/c1-33(2)9-10-37-22(35)16-12-30-20(21(29)34)19(16)13-3-6-15(7-4-13)31-23(36)32-18-11-14(24(26,27)28)5-8-17(18)25/h3-8,11-12,30H,9-10H2,1-2H3,(H2,29,34)(H2,31,32,36). The summed E-state index contributed by atoms with van der Waals surface area (Å²) in [4.78, 5) is 41.2. The topological polar surface area (TPSA) is 130 Å². The molecule has 0 radical (unpaired) electrons. The Balaban J connectivity index is 1.77. The van der Waals surface area contributed by atoms with Crippen LogP contribution in [0.3, 0.4) is 0 Å². The van der Waals surface area contributed by atoms with Gasteiger partial charge in [0.15, 0.2) is 0 Å². The highest BCUT2D eigenvalue weighted by Crippen LogP contribution is 2.32. The average molecular weight is 521 g/mol. The van der Waals surface area contributed by atoms with Crippen molar-refractivity contribution < 1.29 is 36.7 Å². The number of aromatic nitrogens is 1. The molecule has 0 aliphatic heterocycles. The Kier molecular flexibility index (Phi) is 8.17. The molecule has 0 unspecified atom stereocenters. The maximum absolute atomic E-state index is 13.9. The number of amides is 3. The molecule has 3 aromatic rings. The number of alkyl halides is 3. The van der Waals surface area contributed by atoms with E-state index < -0.39 is 41.2 Å². The molecule has 3 rings (SSSR count). The number of hydrogen-bond acceptors (Lipinski definition) is 5. The van der Waals surface area contributed by atoms with E-state index in [1.165, 1.54) is 30.5 Å². The summed E-state index contributed by atoms with van der Waals surface area (Å²) in [6, 6.07) is 6.44. The average Bonchev–Trinajstić information content (AvgIpc) is 3.25. The van der Waals surface area contributed by atoms with Gasteiger partial charge < -0.3 is 31.0 Å². The molecule has 2 aromatic carbocycles. The second-order valence-electron chi connectivity index (χ2n) is 8.10. The van der Waals surface area contributed by atoms with Gasteiger partial charge in [0, 0.05) is 24.0 Å². The number of ether oxygens (including phenoxy) is 1. The van der Waals surface area contributed by atoms with Gasteiger partial charge in [0.2, 0.25) is 0 Å². The van der Waals surface area contributed by atoms with Crippen molar-refractivity contribution in [2.75, 3.05) is 37.9 Å². The molecule has 0 bridgehead atoms. The number of primary amides is 1.